The largest absolute Gasteiger partial charge is 0.477 e. The Bertz CT molecular complexity index is 1070. The minimum Gasteiger partial charge on any atom is -0.477 e. The summed E-state index contributed by atoms with van der Waals surface area (Å²) in [6.45, 7) is 0. The standard InChI is InChI=1S/C22H15NO3/c24-22(25)21-13-20-16(14-23-21)5-4-8-19(20)15-9-11-18(12-10-15)26-17-6-2-1-3-7-17/h1-14H,(H,24,25). The van der Waals surface area contributed by atoms with E-state index in [1.807, 2.05) is 72.8 Å². The summed E-state index contributed by atoms with van der Waals surface area (Å²) < 4.78 is 5.82. The summed E-state index contributed by atoms with van der Waals surface area (Å²) in [7, 11) is 0. The van der Waals surface area contributed by atoms with Crippen LogP contribution >= 0.6 is 0 Å². The molecular weight excluding hydrogens is 326 g/mol. The smallest absolute Gasteiger partial charge is 0.354 e. The second kappa shape index (κ2) is 6.69. The normalized spacial score (nSPS) is 10.6. The number of carboxylic acids is 1. The molecule has 4 rings (SSSR count). The summed E-state index contributed by atoms with van der Waals surface area (Å²) in [5.41, 5.74) is 1.98. The number of ether oxygens (including phenoxy) is 1. The lowest BCUT2D eigenvalue weighted by atomic mass is 9.99. The number of hydrogen-bond donors (Lipinski definition) is 1. The van der Waals surface area contributed by atoms with E-state index in [1.165, 1.54) is 0 Å². The van der Waals surface area contributed by atoms with Crippen molar-refractivity contribution in [2.75, 3.05) is 0 Å². The molecular formula is C22H15NO3. The van der Waals surface area contributed by atoms with Gasteiger partial charge in [0.2, 0.25) is 0 Å². The Morgan fingerprint density at radius 1 is 0.846 bits per heavy atom. The third-order valence-electron chi connectivity index (χ3n) is 4.13. The van der Waals surface area contributed by atoms with Crippen LogP contribution in [0, 0.1) is 0 Å². The van der Waals surface area contributed by atoms with E-state index in [0.717, 1.165) is 33.4 Å². The topological polar surface area (TPSA) is 59.4 Å². The number of carbonyl (C=O) groups is 1. The number of hydrogen-bond acceptors (Lipinski definition) is 3. The fourth-order valence-electron chi connectivity index (χ4n) is 2.87. The van der Waals surface area contributed by atoms with Crippen LogP contribution in [0.1, 0.15) is 10.5 Å². The summed E-state index contributed by atoms with van der Waals surface area (Å²) in [6, 6.07) is 24.8. The monoisotopic (exact) mass is 341 g/mol. The van der Waals surface area contributed by atoms with E-state index in [2.05, 4.69) is 4.98 Å². The van der Waals surface area contributed by atoms with Gasteiger partial charge in [-0.2, -0.15) is 0 Å². The number of para-hydroxylation sites is 1. The molecule has 0 saturated heterocycles. The van der Waals surface area contributed by atoms with Crippen LogP contribution in [0.25, 0.3) is 21.9 Å². The quantitative estimate of drug-likeness (QED) is 0.540. The molecule has 0 amide bonds. The van der Waals surface area contributed by atoms with Crippen LogP contribution in [-0.4, -0.2) is 16.1 Å². The van der Waals surface area contributed by atoms with Gasteiger partial charge in [-0.1, -0.05) is 48.5 Å². The van der Waals surface area contributed by atoms with Gasteiger partial charge in [0.1, 0.15) is 17.2 Å². The molecule has 4 aromatic rings. The van der Waals surface area contributed by atoms with Gasteiger partial charge in [0, 0.05) is 11.6 Å². The van der Waals surface area contributed by atoms with Gasteiger partial charge < -0.3 is 9.84 Å². The Morgan fingerprint density at radius 3 is 2.31 bits per heavy atom. The second-order valence-electron chi connectivity index (χ2n) is 5.84. The summed E-state index contributed by atoms with van der Waals surface area (Å²) in [5.74, 6) is 0.490. The van der Waals surface area contributed by atoms with Crippen molar-refractivity contribution in [2.45, 2.75) is 0 Å². The summed E-state index contributed by atoms with van der Waals surface area (Å²) in [4.78, 5) is 15.2. The Balaban J connectivity index is 1.71. The number of carboxylic acid groups (broad SMARTS) is 1. The molecule has 1 heterocycles. The Labute approximate surface area is 150 Å². The van der Waals surface area contributed by atoms with E-state index in [0.29, 0.717) is 0 Å². The Kier molecular flexibility index (Phi) is 4.07. The van der Waals surface area contributed by atoms with Crippen LogP contribution < -0.4 is 4.74 Å². The van der Waals surface area contributed by atoms with Crippen LogP contribution in [0.5, 0.6) is 11.5 Å². The first-order valence-corrected chi connectivity index (χ1v) is 8.16. The molecule has 126 valence electrons. The van der Waals surface area contributed by atoms with Gasteiger partial charge in [0.15, 0.2) is 0 Å². The van der Waals surface area contributed by atoms with Crippen molar-refractivity contribution in [3.63, 3.8) is 0 Å². The van der Waals surface area contributed by atoms with E-state index in [9.17, 15) is 9.90 Å². The van der Waals surface area contributed by atoms with Crippen molar-refractivity contribution in [1.82, 2.24) is 4.98 Å². The van der Waals surface area contributed by atoms with Crippen molar-refractivity contribution in [3.05, 3.63) is 90.8 Å². The molecule has 0 unspecified atom stereocenters. The lowest BCUT2D eigenvalue weighted by Gasteiger charge is -2.09. The average Bonchev–Trinajstić information content (AvgIpc) is 2.68. The minimum absolute atomic E-state index is 0.0361. The van der Waals surface area contributed by atoms with Crippen LogP contribution in [0.15, 0.2) is 85.1 Å². The first-order chi connectivity index (χ1) is 12.7. The van der Waals surface area contributed by atoms with Crippen LogP contribution in [0.3, 0.4) is 0 Å². The molecule has 4 nitrogen and oxygen atoms in total. The maximum atomic E-state index is 11.2. The van der Waals surface area contributed by atoms with Gasteiger partial charge in [0.05, 0.1) is 0 Å². The molecule has 1 aromatic heterocycles. The van der Waals surface area contributed by atoms with Crippen LogP contribution in [-0.2, 0) is 0 Å². The van der Waals surface area contributed by atoms with Gasteiger partial charge in [-0.25, -0.2) is 9.78 Å². The lowest BCUT2D eigenvalue weighted by Crippen LogP contribution is -1.99. The van der Waals surface area contributed by atoms with Crippen molar-refractivity contribution in [2.24, 2.45) is 0 Å². The molecule has 0 saturated carbocycles. The number of pyridine rings is 1. The van der Waals surface area contributed by atoms with Crippen LogP contribution in [0.4, 0.5) is 0 Å². The number of fused-ring (bicyclic) bond motifs is 1. The summed E-state index contributed by atoms with van der Waals surface area (Å²) in [5, 5.41) is 11.0. The fourth-order valence-corrected chi connectivity index (χ4v) is 2.87. The van der Waals surface area contributed by atoms with E-state index < -0.39 is 5.97 Å². The SMILES string of the molecule is O=C(O)c1cc2c(-c3ccc(Oc4ccccc4)cc3)cccc2cn1. The molecule has 4 heteroatoms. The third kappa shape index (κ3) is 3.13. The minimum atomic E-state index is -1.03. The summed E-state index contributed by atoms with van der Waals surface area (Å²) in [6.07, 6.45) is 1.59. The molecule has 0 bridgehead atoms. The highest BCUT2D eigenvalue weighted by molar-refractivity contribution is 5.99. The van der Waals surface area contributed by atoms with Crippen molar-refractivity contribution >= 4 is 16.7 Å². The molecule has 1 N–H and O–H groups in total. The Hall–Kier alpha value is -3.66. The van der Waals surface area contributed by atoms with Crippen LogP contribution in [0.2, 0.25) is 0 Å². The molecule has 26 heavy (non-hydrogen) atoms. The highest BCUT2D eigenvalue weighted by Crippen LogP contribution is 2.31. The number of rotatable bonds is 4. The number of nitrogens with zero attached hydrogens (tertiary/aromatic N) is 1. The van der Waals surface area contributed by atoms with Gasteiger partial charge in [-0.3, -0.25) is 0 Å². The van der Waals surface area contributed by atoms with E-state index in [4.69, 9.17) is 4.74 Å². The summed E-state index contributed by atoms with van der Waals surface area (Å²) >= 11 is 0. The van der Waals surface area contributed by atoms with Gasteiger partial charge >= 0.3 is 5.97 Å². The highest BCUT2D eigenvalue weighted by atomic mass is 16.5. The molecule has 0 spiro atoms. The van der Waals surface area contributed by atoms with E-state index in [-0.39, 0.29) is 5.69 Å². The number of aromatic nitrogens is 1. The highest BCUT2D eigenvalue weighted by Gasteiger charge is 2.09. The maximum Gasteiger partial charge on any atom is 0.354 e. The molecule has 0 aliphatic rings. The molecule has 0 atom stereocenters. The fraction of sp³-hybridized carbons (Fsp3) is 0. The number of benzene rings is 3. The van der Waals surface area contributed by atoms with Crippen molar-refractivity contribution in [1.29, 1.82) is 0 Å². The lowest BCUT2D eigenvalue weighted by molar-refractivity contribution is 0.0690. The van der Waals surface area contributed by atoms with E-state index >= 15 is 0 Å². The average molecular weight is 341 g/mol. The molecule has 0 fully saturated rings. The Morgan fingerprint density at radius 2 is 1.58 bits per heavy atom. The first kappa shape index (κ1) is 15.8. The molecule has 0 aliphatic carbocycles. The maximum absolute atomic E-state index is 11.2. The zero-order valence-corrected chi connectivity index (χ0v) is 13.8. The zero-order chi connectivity index (χ0) is 17.9. The van der Waals surface area contributed by atoms with E-state index in [1.54, 1.807) is 12.3 Å². The third-order valence-corrected chi connectivity index (χ3v) is 4.13. The van der Waals surface area contributed by atoms with Crippen molar-refractivity contribution < 1.29 is 14.6 Å². The first-order valence-electron chi connectivity index (χ1n) is 8.16. The molecule has 0 radical (unpaired) electrons. The predicted molar refractivity (Wildman–Crippen MR) is 101 cm³/mol. The molecule has 0 aliphatic heterocycles. The van der Waals surface area contributed by atoms with Gasteiger partial charge in [-0.05, 0) is 46.8 Å². The predicted octanol–water partition coefficient (Wildman–Crippen LogP) is 5.39. The second-order valence-corrected chi connectivity index (χ2v) is 5.84. The molecule has 3 aromatic carbocycles. The number of aromatic carboxylic acids is 1. The zero-order valence-electron chi connectivity index (χ0n) is 13.8. The van der Waals surface area contributed by atoms with Gasteiger partial charge in [-0.15, -0.1) is 0 Å². The van der Waals surface area contributed by atoms with Gasteiger partial charge in [0.25, 0.3) is 0 Å². The van der Waals surface area contributed by atoms with Crippen molar-refractivity contribution in [3.8, 4) is 22.6 Å².